The predicted molar refractivity (Wildman–Crippen MR) is 109 cm³/mol. The fourth-order valence-corrected chi connectivity index (χ4v) is 3.02. The van der Waals surface area contributed by atoms with Gasteiger partial charge in [-0.3, -0.25) is 4.79 Å². The lowest BCUT2D eigenvalue weighted by Gasteiger charge is -2.16. The summed E-state index contributed by atoms with van der Waals surface area (Å²) >= 11 is 5.94. The van der Waals surface area contributed by atoms with Crippen LogP contribution < -0.4 is 10.1 Å². The van der Waals surface area contributed by atoms with Gasteiger partial charge in [-0.2, -0.15) is 0 Å². The van der Waals surface area contributed by atoms with Crippen molar-refractivity contribution in [3.8, 4) is 5.75 Å². The molecule has 0 bridgehead atoms. The van der Waals surface area contributed by atoms with Gasteiger partial charge in [0.2, 0.25) is 5.91 Å². The van der Waals surface area contributed by atoms with Crippen LogP contribution in [0.5, 0.6) is 5.75 Å². The van der Waals surface area contributed by atoms with Gasteiger partial charge in [-0.25, -0.2) is 0 Å². The van der Waals surface area contributed by atoms with Crippen molar-refractivity contribution in [1.82, 2.24) is 5.32 Å². The molecule has 1 unspecified atom stereocenters. The summed E-state index contributed by atoms with van der Waals surface area (Å²) in [6, 6.07) is 18.3. The number of aliphatic hydroxyl groups is 1. The highest BCUT2D eigenvalue weighted by atomic mass is 35.5. The number of hydrogen-bond donors (Lipinski definition) is 2. The Hall–Kier alpha value is -2.82. The minimum Gasteiger partial charge on any atom is -0.497 e. The fraction of sp³-hybridized carbons (Fsp3) is 0.136. The standard InChI is InChI=1S/C22H20ClNO3/c1-27-20-9-8-16-6-7-17(12-18(16)13-20)21(14-25)24-22(26)10-5-15-3-2-4-19(23)11-15/h2-13,21,25H,14H2,1H3,(H,24,26)/b10-5+. The second-order valence-electron chi connectivity index (χ2n) is 6.10. The summed E-state index contributed by atoms with van der Waals surface area (Å²) in [5.41, 5.74) is 1.65. The van der Waals surface area contributed by atoms with Crippen LogP contribution in [0, 0.1) is 0 Å². The average molecular weight is 382 g/mol. The maximum Gasteiger partial charge on any atom is 0.244 e. The molecule has 0 fully saturated rings. The lowest BCUT2D eigenvalue weighted by Crippen LogP contribution is -2.29. The first kappa shape index (κ1) is 19.0. The first-order valence-electron chi connectivity index (χ1n) is 8.52. The van der Waals surface area contributed by atoms with Gasteiger partial charge < -0.3 is 15.2 Å². The molecule has 0 saturated heterocycles. The molecule has 0 radical (unpaired) electrons. The van der Waals surface area contributed by atoms with Gasteiger partial charge in [0.1, 0.15) is 5.75 Å². The van der Waals surface area contributed by atoms with Crippen LogP contribution in [0.2, 0.25) is 5.02 Å². The van der Waals surface area contributed by atoms with E-state index in [2.05, 4.69) is 5.32 Å². The van der Waals surface area contributed by atoms with E-state index >= 15 is 0 Å². The van der Waals surface area contributed by atoms with Crippen molar-refractivity contribution < 1.29 is 14.6 Å². The number of ether oxygens (including phenoxy) is 1. The van der Waals surface area contributed by atoms with Crippen molar-refractivity contribution in [2.45, 2.75) is 6.04 Å². The molecule has 3 rings (SSSR count). The molecule has 0 spiro atoms. The fourth-order valence-electron chi connectivity index (χ4n) is 2.82. The van der Waals surface area contributed by atoms with Crippen molar-refractivity contribution in [3.63, 3.8) is 0 Å². The Balaban J connectivity index is 1.76. The zero-order valence-electron chi connectivity index (χ0n) is 14.9. The predicted octanol–water partition coefficient (Wildman–Crippen LogP) is 4.36. The maximum absolute atomic E-state index is 12.2. The lowest BCUT2D eigenvalue weighted by molar-refractivity contribution is -0.117. The van der Waals surface area contributed by atoms with E-state index in [-0.39, 0.29) is 12.5 Å². The zero-order valence-corrected chi connectivity index (χ0v) is 15.6. The number of halogens is 1. The molecular formula is C22H20ClNO3. The molecule has 0 aliphatic rings. The van der Waals surface area contributed by atoms with Crippen LogP contribution in [0.4, 0.5) is 0 Å². The van der Waals surface area contributed by atoms with Crippen LogP contribution in [0.1, 0.15) is 17.2 Å². The first-order chi connectivity index (χ1) is 13.1. The molecule has 0 saturated carbocycles. The van der Waals surface area contributed by atoms with Crippen LogP contribution >= 0.6 is 11.6 Å². The van der Waals surface area contributed by atoms with Crippen molar-refractivity contribution in [2.75, 3.05) is 13.7 Å². The van der Waals surface area contributed by atoms with Crippen LogP contribution in [-0.4, -0.2) is 24.7 Å². The van der Waals surface area contributed by atoms with E-state index in [9.17, 15) is 9.90 Å². The maximum atomic E-state index is 12.2. The number of carbonyl (C=O) groups is 1. The summed E-state index contributed by atoms with van der Waals surface area (Å²) in [5.74, 6) is 0.466. The van der Waals surface area contributed by atoms with Gasteiger partial charge >= 0.3 is 0 Å². The van der Waals surface area contributed by atoms with E-state index in [4.69, 9.17) is 16.3 Å². The molecule has 138 valence electrons. The minimum absolute atomic E-state index is 0.202. The smallest absolute Gasteiger partial charge is 0.244 e. The van der Waals surface area contributed by atoms with Gasteiger partial charge in [-0.05, 0) is 58.3 Å². The van der Waals surface area contributed by atoms with Crippen LogP contribution in [0.15, 0.2) is 66.7 Å². The Morgan fingerprint density at radius 2 is 1.96 bits per heavy atom. The molecule has 0 aliphatic heterocycles. The molecule has 4 nitrogen and oxygen atoms in total. The van der Waals surface area contributed by atoms with Crippen LogP contribution in [-0.2, 0) is 4.79 Å². The third-order valence-corrected chi connectivity index (χ3v) is 4.48. The Kier molecular flexibility index (Phi) is 6.12. The average Bonchev–Trinajstić information content (AvgIpc) is 2.69. The van der Waals surface area contributed by atoms with Gasteiger partial charge in [0.05, 0.1) is 19.8 Å². The Morgan fingerprint density at radius 3 is 2.70 bits per heavy atom. The Morgan fingerprint density at radius 1 is 1.15 bits per heavy atom. The van der Waals surface area contributed by atoms with Crippen molar-refractivity contribution in [1.29, 1.82) is 0 Å². The molecule has 1 amide bonds. The summed E-state index contributed by atoms with van der Waals surface area (Å²) in [5, 5.41) is 15.2. The molecular weight excluding hydrogens is 362 g/mol. The lowest BCUT2D eigenvalue weighted by atomic mass is 10.0. The SMILES string of the molecule is COc1ccc2ccc(C(CO)NC(=O)/C=C/c3cccc(Cl)c3)cc2c1. The highest BCUT2D eigenvalue weighted by molar-refractivity contribution is 6.30. The number of amides is 1. The molecule has 0 aromatic heterocycles. The molecule has 2 N–H and O–H groups in total. The van der Waals surface area contributed by atoms with Crippen LogP contribution in [0.25, 0.3) is 16.8 Å². The molecule has 27 heavy (non-hydrogen) atoms. The van der Waals surface area contributed by atoms with E-state index in [1.165, 1.54) is 6.08 Å². The van der Waals surface area contributed by atoms with E-state index in [1.807, 2.05) is 48.5 Å². The van der Waals surface area contributed by atoms with Crippen molar-refractivity contribution in [3.05, 3.63) is 82.9 Å². The summed E-state index contributed by atoms with van der Waals surface area (Å²) in [4.78, 5) is 12.2. The first-order valence-corrected chi connectivity index (χ1v) is 8.89. The number of aliphatic hydroxyl groups excluding tert-OH is 1. The molecule has 0 aliphatic carbocycles. The molecule has 5 heteroatoms. The summed E-state index contributed by atoms with van der Waals surface area (Å²) in [6.45, 7) is -0.202. The van der Waals surface area contributed by atoms with E-state index in [1.54, 1.807) is 25.3 Å². The third-order valence-electron chi connectivity index (χ3n) is 4.25. The quantitative estimate of drug-likeness (QED) is 0.623. The molecule has 3 aromatic carbocycles. The monoisotopic (exact) mass is 381 g/mol. The van der Waals surface area contributed by atoms with E-state index in [0.29, 0.717) is 5.02 Å². The van der Waals surface area contributed by atoms with E-state index < -0.39 is 6.04 Å². The second-order valence-corrected chi connectivity index (χ2v) is 6.54. The van der Waals surface area contributed by atoms with Gasteiger partial charge in [-0.1, -0.05) is 41.9 Å². The molecule has 1 atom stereocenters. The minimum atomic E-state index is -0.503. The highest BCUT2D eigenvalue weighted by Gasteiger charge is 2.13. The number of fused-ring (bicyclic) bond motifs is 1. The summed E-state index contributed by atoms with van der Waals surface area (Å²) < 4.78 is 5.26. The normalized spacial score (nSPS) is 12.3. The second kappa shape index (κ2) is 8.71. The summed E-state index contributed by atoms with van der Waals surface area (Å²) in [7, 11) is 1.62. The highest BCUT2D eigenvalue weighted by Crippen LogP contribution is 2.24. The number of rotatable bonds is 6. The largest absolute Gasteiger partial charge is 0.497 e. The Labute approximate surface area is 163 Å². The summed E-state index contributed by atoms with van der Waals surface area (Å²) in [6.07, 6.45) is 3.11. The number of benzene rings is 3. The van der Waals surface area contributed by atoms with E-state index in [0.717, 1.165) is 27.6 Å². The topological polar surface area (TPSA) is 58.6 Å². The number of carbonyl (C=O) groups excluding carboxylic acids is 1. The number of hydrogen-bond acceptors (Lipinski definition) is 3. The zero-order chi connectivity index (χ0) is 19.2. The van der Waals surface area contributed by atoms with Crippen molar-refractivity contribution >= 4 is 34.4 Å². The third kappa shape index (κ3) is 4.88. The van der Waals surface area contributed by atoms with Gasteiger partial charge in [0.25, 0.3) is 0 Å². The van der Waals surface area contributed by atoms with Crippen LogP contribution in [0.3, 0.4) is 0 Å². The molecule has 3 aromatic rings. The van der Waals surface area contributed by atoms with Gasteiger partial charge in [-0.15, -0.1) is 0 Å². The number of nitrogens with one attached hydrogen (secondary N) is 1. The van der Waals surface area contributed by atoms with Gasteiger partial charge in [0, 0.05) is 11.1 Å². The van der Waals surface area contributed by atoms with Gasteiger partial charge in [0.15, 0.2) is 0 Å². The number of methoxy groups -OCH3 is 1. The Bertz CT molecular complexity index is 984. The molecule has 0 heterocycles. The van der Waals surface area contributed by atoms with Crippen molar-refractivity contribution in [2.24, 2.45) is 0 Å².